The van der Waals surface area contributed by atoms with Crippen LogP contribution in [0.5, 0.6) is 0 Å². The van der Waals surface area contributed by atoms with Crippen LogP contribution in [0.1, 0.15) is 44.5 Å². The maximum absolute atomic E-state index is 12.3. The summed E-state index contributed by atoms with van der Waals surface area (Å²) >= 11 is 13.3. The molecule has 0 aliphatic heterocycles. The quantitative estimate of drug-likeness (QED) is 0.666. The molecule has 1 aromatic carbocycles. The monoisotopic (exact) mass is 441 g/mol. The molecule has 3 rings (SSSR count). The first kappa shape index (κ1) is 20.6. The summed E-state index contributed by atoms with van der Waals surface area (Å²) in [6.45, 7) is 1.43. The van der Waals surface area contributed by atoms with Gasteiger partial charge in [-0.15, -0.1) is 11.3 Å². The Morgan fingerprint density at radius 3 is 2.43 bits per heavy atom. The average Bonchev–Trinajstić information content (AvgIpc) is 3.20. The second-order valence-electron chi connectivity index (χ2n) is 6.00. The number of carbonyl (C=O) groups excluding carboxylic acids is 3. The first-order valence-electron chi connectivity index (χ1n) is 8.65. The Morgan fingerprint density at radius 1 is 1.07 bits per heavy atom. The predicted octanol–water partition coefficient (Wildman–Crippen LogP) is 4.52. The molecule has 1 N–H and O–H groups in total. The van der Waals surface area contributed by atoms with Crippen molar-refractivity contribution in [3.8, 4) is 0 Å². The van der Waals surface area contributed by atoms with Gasteiger partial charge in [-0.1, -0.05) is 29.3 Å². The van der Waals surface area contributed by atoms with Gasteiger partial charge in [0.05, 0.1) is 27.8 Å². The van der Waals surface area contributed by atoms with E-state index in [0.29, 0.717) is 10.6 Å². The van der Waals surface area contributed by atoms with E-state index < -0.39 is 24.5 Å². The zero-order valence-corrected chi connectivity index (χ0v) is 17.3. The van der Waals surface area contributed by atoms with Gasteiger partial charge >= 0.3 is 11.9 Å². The fourth-order valence-electron chi connectivity index (χ4n) is 2.97. The molecular formula is C19H17Cl2NO5S. The second kappa shape index (κ2) is 8.94. The van der Waals surface area contributed by atoms with Gasteiger partial charge in [-0.05, 0) is 43.9 Å². The molecule has 0 bridgehead atoms. The van der Waals surface area contributed by atoms with Crippen LogP contribution >= 0.6 is 34.5 Å². The third kappa shape index (κ3) is 4.32. The molecule has 1 amide bonds. The molecule has 148 valence electrons. The summed E-state index contributed by atoms with van der Waals surface area (Å²) in [5, 5.41) is 3.34. The summed E-state index contributed by atoms with van der Waals surface area (Å²) in [5.74, 6) is -1.83. The Kier molecular flexibility index (Phi) is 6.59. The number of halogens is 2. The van der Waals surface area contributed by atoms with Crippen LogP contribution < -0.4 is 5.32 Å². The van der Waals surface area contributed by atoms with E-state index in [1.807, 2.05) is 0 Å². The molecule has 0 saturated carbocycles. The molecular weight excluding hydrogens is 425 g/mol. The molecule has 6 nitrogen and oxygen atoms in total. The fraction of sp³-hybridized carbons (Fsp3) is 0.316. The van der Waals surface area contributed by atoms with Crippen LogP contribution in [0.4, 0.5) is 5.00 Å². The van der Waals surface area contributed by atoms with E-state index in [1.54, 1.807) is 13.0 Å². The van der Waals surface area contributed by atoms with Crippen molar-refractivity contribution in [3.63, 3.8) is 0 Å². The lowest BCUT2D eigenvalue weighted by atomic mass is 10.1. The molecule has 2 aromatic rings. The number of rotatable bonds is 6. The number of fused-ring (bicyclic) bond motifs is 1. The number of hydrogen-bond donors (Lipinski definition) is 1. The minimum atomic E-state index is -0.801. The van der Waals surface area contributed by atoms with Crippen LogP contribution in [-0.2, 0) is 27.1 Å². The van der Waals surface area contributed by atoms with Crippen molar-refractivity contribution in [2.24, 2.45) is 0 Å². The SMILES string of the molecule is CCOC(=O)c1c(NC(=O)COC(=O)c2c(Cl)cccc2Cl)sc2c1CCC2. The molecule has 0 atom stereocenters. The topological polar surface area (TPSA) is 81.7 Å². The van der Waals surface area contributed by atoms with Crippen LogP contribution in [0.3, 0.4) is 0 Å². The van der Waals surface area contributed by atoms with E-state index in [2.05, 4.69) is 5.32 Å². The summed E-state index contributed by atoms with van der Waals surface area (Å²) < 4.78 is 10.1. The predicted molar refractivity (Wildman–Crippen MR) is 108 cm³/mol. The lowest BCUT2D eigenvalue weighted by molar-refractivity contribution is -0.119. The number of aryl methyl sites for hydroxylation is 1. The van der Waals surface area contributed by atoms with Crippen molar-refractivity contribution >= 4 is 57.4 Å². The molecule has 0 radical (unpaired) electrons. The Balaban J connectivity index is 1.69. The lowest BCUT2D eigenvalue weighted by Gasteiger charge is -2.09. The van der Waals surface area contributed by atoms with Gasteiger partial charge in [0, 0.05) is 4.88 Å². The standard InChI is InChI=1S/C19H17Cl2NO5S/c1-2-26-18(24)15-10-5-3-8-13(10)28-17(15)22-14(23)9-27-19(25)16-11(20)6-4-7-12(16)21/h4,6-7H,2-3,5,8-9H2,1H3,(H,22,23). The fourth-order valence-corrected chi connectivity index (χ4v) is 4.82. The van der Waals surface area contributed by atoms with Gasteiger partial charge in [0.25, 0.3) is 5.91 Å². The molecule has 0 fully saturated rings. The number of amides is 1. The average molecular weight is 442 g/mol. The summed E-state index contributed by atoms with van der Waals surface area (Å²) in [6.07, 6.45) is 2.61. The van der Waals surface area contributed by atoms with Gasteiger partial charge in [-0.25, -0.2) is 9.59 Å². The molecule has 1 aliphatic rings. The van der Waals surface area contributed by atoms with Crippen LogP contribution in [0.2, 0.25) is 10.0 Å². The normalized spacial score (nSPS) is 12.4. The van der Waals surface area contributed by atoms with Crippen molar-refractivity contribution in [1.82, 2.24) is 0 Å². The molecule has 1 aliphatic carbocycles. The Hall–Kier alpha value is -2.09. The highest BCUT2D eigenvalue weighted by Crippen LogP contribution is 2.39. The Bertz CT molecular complexity index is 920. The van der Waals surface area contributed by atoms with E-state index in [0.717, 1.165) is 29.7 Å². The van der Waals surface area contributed by atoms with Gasteiger partial charge in [0.1, 0.15) is 5.00 Å². The molecule has 28 heavy (non-hydrogen) atoms. The number of anilines is 1. The Labute approximate surface area is 175 Å². The number of carbonyl (C=O) groups is 3. The highest BCUT2D eigenvalue weighted by atomic mass is 35.5. The smallest absolute Gasteiger partial charge is 0.341 e. The summed E-state index contributed by atoms with van der Waals surface area (Å²) in [5.41, 5.74) is 1.33. The number of nitrogens with one attached hydrogen (secondary N) is 1. The van der Waals surface area contributed by atoms with Crippen LogP contribution in [0.15, 0.2) is 18.2 Å². The highest BCUT2D eigenvalue weighted by Gasteiger charge is 2.28. The number of thiophene rings is 1. The van der Waals surface area contributed by atoms with Crippen LogP contribution in [-0.4, -0.2) is 31.1 Å². The van der Waals surface area contributed by atoms with E-state index in [-0.39, 0.29) is 22.2 Å². The summed E-state index contributed by atoms with van der Waals surface area (Å²) in [7, 11) is 0. The third-order valence-corrected chi connectivity index (χ3v) is 5.99. The number of ether oxygens (including phenoxy) is 2. The van der Waals surface area contributed by atoms with Gasteiger partial charge in [0.2, 0.25) is 0 Å². The minimum Gasteiger partial charge on any atom is -0.462 e. The van der Waals surface area contributed by atoms with Crippen molar-refractivity contribution in [2.45, 2.75) is 26.2 Å². The number of hydrogen-bond acceptors (Lipinski definition) is 6. The highest BCUT2D eigenvalue weighted by molar-refractivity contribution is 7.17. The van der Waals surface area contributed by atoms with Crippen molar-refractivity contribution in [1.29, 1.82) is 0 Å². The first-order valence-corrected chi connectivity index (χ1v) is 10.2. The maximum Gasteiger partial charge on any atom is 0.341 e. The third-order valence-electron chi connectivity index (χ3n) is 4.16. The van der Waals surface area contributed by atoms with Crippen molar-refractivity contribution < 1.29 is 23.9 Å². The zero-order chi connectivity index (χ0) is 20.3. The first-order chi connectivity index (χ1) is 13.4. The lowest BCUT2D eigenvalue weighted by Crippen LogP contribution is -2.22. The Morgan fingerprint density at radius 2 is 1.75 bits per heavy atom. The van der Waals surface area contributed by atoms with Gasteiger partial charge in [-0.3, -0.25) is 4.79 Å². The second-order valence-corrected chi connectivity index (χ2v) is 7.92. The minimum absolute atomic E-state index is 0.000876. The molecule has 1 aromatic heterocycles. The molecule has 0 spiro atoms. The van der Waals surface area contributed by atoms with E-state index in [4.69, 9.17) is 32.7 Å². The largest absolute Gasteiger partial charge is 0.462 e. The van der Waals surface area contributed by atoms with Crippen molar-refractivity contribution in [2.75, 3.05) is 18.5 Å². The van der Waals surface area contributed by atoms with Gasteiger partial charge in [-0.2, -0.15) is 0 Å². The number of benzene rings is 1. The van der Waals surface area contributed by atoms with E-state index in [9.17, 15) is 14.4 Å². The summed E-state index contributed by atoms with van der Waals surface area (Å²) in [4.78, 5) is 37.8. The molecule has 0 saturated heterocycles. The molecule has 9 heteroatoms. The molecule has 1 heterocycles. The summed E-state index contributed by atoms with van der Waals surface area (Å²) in [6, 6.07) is 4.60. The van der Waals surface area contributed by atoms with Gasteiger partial charge < -0.3 is 14.8 Å². The molecule has 0 unspecified atom stereocenters. The zero-order valence-electron chi connectivity index (χ0n) is 15.0. The van der Waals surface area contributed by atoms with E-state index in [1.165, 1.54) is 23.5 Å². The van der Waals surface area contributed by atoms with Crippen LogP contribution in [0.25, 0.3) is 0 Å². The van der Waals surface area contributed by atoms with Crippen LogP contribution in [0, 0.1) is 0 Å². The van der Waals surface area contributed by atoms with Crippen molar-refractivity contribution in [3.05, 3.63) is 49.8 Å². The maximum atomic E-state index is 12.3. The van der Waals surface area contributed by atoms with E-state index >= 15 is 0 Å². The number of esters is 2. The van der Waals surface area contributed by atoms with Gasteiger partial charge in [0.15, 0.2) is 6.61 Å².